The van der Waals surface area contributed by atoms with Gasteiger partial charge in [-0.2, -0.15) is 0 Å². The third-order valence-corrected chi connectivity index (χ3v) is 4.64. The van der Waals surface area contributed by atoms with Crippen molar-refractivity contribution in [2.75, 3.05) is 39.4 Å². The zero-order valence-corrected chi connectivity index (χ0v) is 14.8. The number of imidazole rings is 1. The number of aromatic nitrogens is 2. The van der Waals surface area contributed by atoms with Crippen molar-refractivity contribution >= 4 is 0 Å². The highest BCUT2D eigenvalue weighted by Crippen LogP contribution is 2.13. The normalized spacial score (nSPS) is 15.8. The van der Waals surface area contributed by atoms with E-state index in [2.05, 4.69) is 58.0 Å². The summed E-state index contributed by atoms with van der Waals surface area (Å²) in [7, 11) is 0. The van der Waals surface area contributed by atoms with E-state index in [0.717, 1.165) is 58.3 Å². The molecule has 1 aromatic carbocycles. The van der Waals surface area contributed by atoms with Crippen LogP contribution in [0.5, 0.6) is 0 Å². The molecule has 1 saturated heterocycles. The second-order valence-electron chi connectivity index (χ2n) is 6.53. The topological polar surface area (TPSA) is 42.3 Å². The molecule has 1 aliphatic heterocycles. The first kappa shape index (κ1) is 17.1. The van der Waals surface area contributed by atoms with Gasteiger partial charge < -0.3 is 14.6 Å². The van der Waals surface area contributed by atoms with Crippen molar-refractivity contribution in [3.05, 3.63) is 53.1 Å². The van der Waals surface area contributed by atoms with E-state index in [9.17, 15) is 0 Å². The van der Waals surface area contributed by atoms with E-state index in [1.807, 2.05) is 6.20 Å². The Morgan fingerprint density at radius 1 is 1.21 bits per heavy atom. The van der Waals surface area contributed by atoms with Gasteiger partial charge in [0.05, 0.1) is 19.8 Å². The highest BCUT2D eigenvalue weighted by molar-refractivity contribution is 5.30. The van der Waals surface area contributed by atoms with E-state index in [1.54, 1.807) is 0 Å². The van der Waals surface area contributed by atoms with Crippen LogP contribution >= 0.6 is 0 Å². The fourth-order valence-corrected chi connectivity index (χ4v) is 3.07. The number of nitrogens with one attached hydrogen (secondary N) is 1. The molecule has 2 heterocycles. The maximum atomic E-state index is 5.38. The molecule has 1 aromatic heterocycles. The molecule has 0 saturated carbocycles. The van der Waals surface area contributed by atoms with Crippen LogP contribution in [0.15, 0.2) is 30.6 Å². The van der Waals surface area contributed by atoms with Gasteiger partial charge >= 0.3 is 0 Å². The van der Waals surface area contributed by atoms with Crippen molar-refractivity contribution in [2.45, 2.75) is 26.9 Å². The standard InChI is InChI=1S/C19H28N4O/c1-16-3-4-17(2)18(13-16)15-23-8-6-21-19(23)14-20-5-7-22-9-11-24-12-10-22/h3-4,6,8,13,20H,5,7,9-12,14-15H2,1-2H3. The van der Waals surface area contributed by atoms with Crippen LogP contribution in [0.25, 0.3) is 0 Å². The van der Waals surface area contributed by atoms with Crippen LogP contribution in [0.4, 0.5) is 0 Å². The predicted molar refractivity (Wildman–Crippen MR) is 96.2 cm³/mol. The van der Waals surface area contributed by atoms with Gasteiger partial charge in [-0.15, -0.1) is 0 Å². The Morgan fingerprint density at radius 3 is 2.88 bits per heavy atom. The fraction of sp³-hybridized carbons (Fsp3) is 0.526. The summed E-state index contributed by atoms with van der Waals surface area (Å²) in [5.74, 6) is 1.10. The molecule has 1 aliphatic rings. The number of hydrogen-bond acceptors (Lipinski definition) is 4. The molecule has 2 aromatic rings. The molecule has 5 heteroatoms. The Morgan fingerprint density at radius 2 is 2.04 bits per heavy atom. The zero-order chi connectivity index (χ0) is 16.8. The van der Waals surface area contributed by atoms with Crippen LogP contribution in [0.1, 0.15) is 22.5 Å². The van der Waals surface area contributed by atoms with Crippen LogP contribution in [0.3, 0.4) is 0 Å². The summed E-state index contributed by atoms with van der Waals surface area (Å²) < 4.78 is 7.62. The van der Waals surface area contributed by atoms with Crippen LogP contribution in [0.2, 0.25) is 0 Å². The molecule has 130 valence electrons. The summed E-state index contributed by atoms with van der Waals surface area (Å²) in [6.45, 7) is 11.9. The van der Waals surface area contributed by atoms with E-state index < -0.39 is 0 Å². The van der Waals surface area contributed by atoms with Crippen LogP contribution in [-0.2, 0) is 17.8 Å². The second kappa shape index (κ2) is 8.42. The van der Waals surface area contributed by atoms with Crippen molar-refractivity contribution in [3.63, 3.8) is 0 Å². The smallest absolute Gasteiger partial charge is 0.122 e. The summed E-state index contributed by atoms with van der Waals surface area (Å²) in [6.07, 6.45) is 3.96. The van der Waals surface area contributed by atoms with E-state index in [4.69, 9.17) is 4.74 Å². The first-order chi connectivity index (χ1) is 11.7. The Labute approximate surface area is 144 Å². The van der Waals surface area contributed by atoms with Gasteiger partial charge in [0.1, 0.15) is 5.82 Å². The Kier molecular flexibility index (Phi) is 6.01. The van der Waals surface area contributed by atoms with E-state index in [-0.39, 0.29) is 0 Å². The summed E-state index contributed by atoms with van der Waals surface area (Å²) in [5.41, 5.74) is 4.00. The molecule has 5 nitrogen and oxygen atoms in total. The fourth-order valence-electron chi connectivity index (χ4n) is 3.07. The van der Waals surface area contributed by atoms with Crippen molar-refractivity contribution in [1.29, 1.82) is 0 Å². The zero-order valence-electron chi connectivity index (χ0n) is 14.8. The molecule has 0 radical (unpaired) electrons. The number of ether oxygens (including phenoxy) is 1. The molecule has 0 amide bonds. The van der Waals surface area contributed by atoms with Crippen molar-refractivity contribution in [2.24, 2.45) is 0 Å². The molecular formula is C19H28N4O. The SMILES string of the molecule is Cc1ccc(C)c(Cn2ccnc2CNCCN2CCOCC2)c1. The second-order valence-corrected chi connectivity index (χ2v) is 6.53. The average Bonchev–Trinajstić information content (AvgIpc) is 3.03. The number of hydrogen-bond donors (Lipinski definition) is 1. The van der Waals surface area contributed by atoms with Gasteiger partial charge in [-0.05, 0) is 25.0 Å². The molecule has 0 spiro atoms. The van der Waals surface area contributed by atoms with E-state index >= 15 is 0 Å². The lowest BCUT2D eigenvalue weighted by Gasteiger charge is -2.26. The Hall–Kier alpha value is -1.69. The first-order valence-electron chi connectivity index (χ1n) is 8.79. The monoisotopic (exact) mass is 328 g/mol. The minimum atomic E-state index is 0.808. The van der Waals surface area contributed by atoms with E-state index in [1.165, 1.54) is 16.7 Å². The summed E-state index contributed by atoms with van der Waals surface area (Å²) in [6, 6.07) is 6.63. The van der Waals surface area contributed by atoms with Gasteiger partial charge in [-0.1, -0.05) is 23.8 Å². The lowest BCUT2D eigenvalue weighted by atomic mass is 10.1. The Bertz CT molecular complexity index is 647. The molecule has 24 heavy (non-hydrogen) atoms. The van der Waals surface area contributed by atoms with Gasteiger partial charge in [-0.25, -0.2) is 4.98 Å². The highest BCUT2D eigenvalue weighted by Gasteiger charge is 2.10. The number of aryl methyl sites for hydroxylation is 2. The minimum absolute atomic E-state index is 0.808. The largest absolute Gasteiger partial charge is 0.379 e. The quantitative estimate of drug-likeness (QED) is 0.789. The predicted octanol–water partition coefficient (Wildman–Crippen LogP) is 1.97. The third-order valence-electron chi connectivity index (χ3n) is 4.64. The first-order valence-corrected chi connectivity index (χ1v) is 8.79. The van der Waals surface area contributed by atoms with Gasteiger partial charge in [0.25, 0.3) is 0 Å². The highest BCUT2D eigenvalue weighted by atomic mass is 16.5. The summed E-state index contributed by atoms with van der Waals surface area (Å²) >= 11 is 0. The average molecular weight is 328 g/mol. The summed E-state index contributed by atoms with van der Waals surface area (Å²) in [4.78, 5) is 6.96. The number of morpholine rings is 1. The number of nitrogens with zero attached hydrogens (tertiary/aromatic N) is 3. The van der Waals surface area contributed by atoms with Crippen LogP contribution in [-0.4, -0.2) is 53.8 Å². The van der Waals surface area contributed by atoms with Crippen LogP contribution < -0.4 is 5.32 Å². The lowest BCUT2D eigenvalue weighted by Crippen LogP contribution is -2.40. The maximum Gasteiger partial charge on any atom is 0.122 e. The molecule has 1 N–H and O–H groups in total. The van der Waals surface area contributed by atoms with Gasteiger partial charge in [0, 0.05) is 45.1 Å². The summed E-state index contributed by atoms with van der Waals surface area (Å²) in [5, 5.41) is 3.52. The third kappa shape index (κ3) is 4.66. The number of rotatable bonds is 7. The molecular weight excluding hydrogens is 300 g/mol. The van der Waals surface area contributed by atoms with Gasteiger partial charge in [-0.3, -0.25) is 4.90 Å². The minimum Gasteiger partial charge on any atom is -0.379 e. The van der Waals surface area contributed by atoms with Gasteiger partial charge in [0.15, 0.2) is 0 Å². The molecule has 0 atom stereocenters. The van der Waals surface area contributed by atoms with Crippen molar-refractivity contribution in [1.82, 2.24) is 19.8 Å². The molecule has 0 aliphatic carbocycles. The van der Waals surface area contributed by atoms with Crippen molar-refractivity contribution in [3.8, 4) is 0 Å². The molecule has 0 unspecified atom stereocenters. The Balaban J connectivity index is 1.50. The maximum absolute atomic E-state index is 5.38. The van der Waals surface area contributed by atoms with Crippen LogP contribution in [0, 0.1) is 13.8 Å². The van der Waals surface area contributed by atoms with Gasteiger partial charge in [0.2, 0.25) is 0 Å². The molecule has 3 rings (SSSR count). The molecule has 1 fully saturated rings. The lowest BCUT2D eigenvalue weighted by molar-refractivity contribution is 0.0384. The number of benzene rings is 1. The van der Waals surface area contributed by atoms with Crippen molar-refractivity contribution < 1.29 is 4.74 Å². The van der Waals surface area contributed by atoms with E-state index in [0.29, 0.717) is 0 Å². The molecule has 0 bridgehead atoms.